The molecule has 1 aromatic heterocycles. The summed E-state index contributed by atoms with van der Waals surface area (Å²) >= 11 is 6.27. The van der Waals surface area contributed by atoms with Crippen molar-refractivity contribution in [2.45, 2.75) is 45.3 Å². The number of hydrogen-bond donors (Lipinski definition) is 1. The molecule has 7 nitrogen and oxygen atoms in total. The van der Waals surface area contributed by atoms with Gasteiger partial charge in [0.15, 0.2) is 0 Å². The van der Waals surface area contributed by atoms with Gasteiger partial charge in [-0.1, -0.05) is 60.1 Å². The average molecular weight is 479 g/mol. The molecule has 0 saturated carbocycles. The maximum Gasteiger partial charge on any atom is 0.322 e. The molecule has 5 rings (SSSR count). The van der Waals surface area contributed by atoms with Gasteiger partial charge in [0.05, 0.1) is 24.3 Å². The number of aryl methyl sites for hydroxylation is 1. The van der Waals surface area contributed by atoms with Gasteiger partial charge in [0.2, 0.25) is 5.82 Å². The zero-order valence-corrected chi connectivity index (χ0v) is 20.0. The highest BCUT2D eigenvalue weighted by Crippen LogP contribution is 2.38. The van der Waals surface area contributed by atoms with Crippen molar-refractivity contribution in [2.24, 2.45) is 0 Å². The average Bonchev–Trinajstić information content (AvgIpc) is 3.54. The van der Waals surface area contributed by atoms with E-state index in [1.165, 1.54) is 5.56 Å². The Hall–Kier alpha value is -3.16. The molecule has 0 spiro atoms. The second-order valence-corrected chi connectivity index (χ2v) is 9.09. The van der Waals surface area contributed by atoms with Crippen molar-refractivity contribution in [1.29, 1.82) is 0 Å². The summed E-state index contributed by atoms with van der Waals surface area (Å²) < 4.78 is 11.5. The molecule has 8 heteroatoms. The summed E-state index contributed by atoms with van der Waals surface area (Å²) in [6.07, 6.45) is 2.92. The summed E-state index contributed by atoms with van der Waals surface area (Å²) in [5, 5.41) is 7.95. The Balaban J connectivity index is 1.55. The van der Waals surface area contributed by atoms with E-state index in [4.69, 9.17) is 25.8 Å². The normalized spacial score (nSPS) is 20.7. The minimum Gasteiger partial charge on any atom is -0.376 e. The first-order chi connectivity index (χ1) is 16.5. The number of carbonyl (C=O) groups excluding carboxylic acids is 1. The van der Waals surface area contributed by atoms with Crippen LogP contribution in [0.5, 0.6) is 0 Å². The molecular formula is C26H27ClN4O3. The molecule has 0 bridgehead atoms. The van der Waals surface area contributed by atoms with Crippen LogP contribution in [-0.2, 0) is 11.2 Å². The van der Waals surface area contributed by atoms with Crippen LogP contribution in [0.3, 0.4) is 0 Å². The molecule has 3 aromatic rings. The first-order valence-electron chi connectivity index (χ1n) is 11.6. The molecule has 1 N–H and O–H groups in total. The predicted molar refractivity (Wildman–Crippen MR) is 130 cm³/mol. The number of nitrogens with one attached hydrogen (secondary N) is 1. The van der Waals surface area contributed by atoms with Gasteiger partial charge in [-0.25, -0.2) is 4.79 Å². The maximum absolute atomic E-state index is 13.2. The highest BCUT2D eigenvalue weighted by Gasteiger charge is 2.37. The van der Waals surface area contributed by atoms with E-state index in [1.54, 1.807) is 11.0 Å². The Morgan fingerprint density at radius 1 is 1.21 bits per heavy atom. The van der Waals surface area contributed by atoms with Gasteiger partial charge in [-0.15, -0.1) is 0 Å². The van der Waals surface area contributed by atoms with Gasteiger partial charge < -0.3 is 14.6 Å². The van der Waals surface area contributed by atoms with Crippen LogP contribution in [0.15, 0.2) is 58.8 Å². The van der Waals surface area contributed by atoms with E-state index in [-0.39, 0.29) is 12.1 Å². The van der Waals surface area contributed by atoms with Crippen molar-refractivity contribution in [3.8, 4) is 11.4 Å². The van der Waals surface area contributed by atoms with Gasteiger partial charge in [-0.3, -0.25) is 4.90 Å². The first-order valence-corrected chi connectivity index (χ1v) is 12.0. The lowest BCUT2D eigenvalue weighted by atomic mass is 9.94. The topological polar surface area (TPSA) is 80.5 Å². The molecule has 2 atom stereocenters. The molecule has 2 unspecified atom stereocenters. The lowest BCUT2D eigenvalue weighted by Crippen LogP contribution is -2.48. The molecule has 34 heavy (non-hydrogen) atoms. The lowest BCUT2D eigenvalue weighted by Gasteiger charge is -2.36. The molecule has 3 heterocycles. The van der Waals surface area contributed by atoms with Gasteiger partial charge in [-0.2, -0.15) is 4.98 Å². The number of aromatic nitrogens is 2. The highest BCUT2D eigenvalue weighted by molar-refractivity contribution is 6.30. The minimum atomic E-state index is -0.470. The number of carbonyl (C=O) groups is 1. The summed E-state index contributed by atoms with van der Waals surface area (Å²) in [5.41, 5.74) is 4.48. The third-order valence-electron chi connectivity index (χ3n) is 6.47. The Bertz CT molecular complexity index is 1210. The van der Waals surface area contributed by atoms with Gasteiger partial charge in [0.25, 0.3) is 5.89 Å². The van der Waals surface area contributed by atoms with Crippen molar-refractivity contribution in [2.75, 3.05) is 13.2 Å². The second kappa shape index (κ2) is 9.60. The molecule has 0 aliphatic carbocycles. The van der Waals surface area contributed by atoms with Crippen LogP contribution in [-0.4, -0.2) is 40.3 Å². The molecule has 1 fully saturated rings. The number of allylic oxidation sites excluding steroid dienone is 1. The fourth-order valence-corrected chi connectivity index (χ4v) is 4.74. The number of nitrogens with zero attached hydrogens (tertiary/aromatic N) is 3. The van der Waals surface area contributed by atoms with E-state index in [9.17, 15) is 4.79 Å². The number of halogens is 1. The van der Waals surface area contributed by atoms with Crippen LogP contribution in [0.25, 0.3) is 17.0 Å². The summed E-state index contributed by atoms with van der Waals surface area (Å²) in [6, 6.07) is 14.9. The van der Waals surface area contributed by atoms with Crippen LogP contribution in [0.2, 0.25) is 5.02 Å². The quantitative estimate of drug-likeness (QED) is 0.496. The van der Waals surface area contributed by atoms with Crippen LogP contribution in [0.4, 0.5) is 4.79 Å². The van der Waals surface area contributed by atoms with E-state index in [1.807, 2.05) is 37.3 Å². The fraction of sp³-hybridized carbons (Fsp3) is 0.346. The fourth-order valence-electron chi connectivity index (χ4n) is 4.55. The standard InChI is InChI=1S/C26H27ClN4O3/c1-3-17-9-11-18(12-10-17)24-29-25(34-30-24)22-16(2)31(15-21-8-5-13-33-21)26(32)28-23(22)19-6-4-7-20(27)14-19/h4,6-7,9-12,14,21,23H,3,5,8,13,15H2,1-2H3,(H,28,32). The van der Waals surface area contributed by atoms with Crippen LogP contribution in [0.1, 0.15) is 49.7 Å². The molecule has 2 aliphatic heterocycles. The van der Waals surface area contributed by atoms with Crippen LogP contribution >= 0.6 is 11.6 Å². The van der Waals surface area contributed by atoms with Gasteiger partial charge in [0, 0.05) is 22.9 Å². The largest absolute Gasteiger partial charge is 0.376 e. The van der Waals surface area contributed by atoms with Crippen molar-refractivity contribution in [1.82, 2.24) is 20.4 Å². The number of amides is 2. The lowest BCUT2D eigenvalue weighted by molar-refractivity contribution is 0.0877. The number of ether oxygens (including phenoxy) is 1. The summed E-state index contributed by atoms with van der Waals surface area (Å²) in [4.78, 5) is 19.6. The van der Waals surface area contributed by atoms with Crippen LogP contribution < -0.4 is 5.32 Å². The summed E-state index contributed by atoms with van der Waals surface area (Å²) in [5.74, 6) is 0.875. The van der Waals surface area contributed by atoms with Gasteiger partial charge >= 0.3 is 6.03 Å². The zero-order valence-electron chi connectivity index (χ0n) is 19.3. The third kappa shape index (κ3) is 4.45. The predicted octanol–water partition coefficient (Wildman–Crippen LogP) is 5.63. The minimum absolute atomic E-state index is 0.0139. The molecule has 0 radical (unpaired) electrons. The Kier molecular flexibility index (Phi) is 6.39. The second-order valence-electron chi connectivity index (χ2n) is 8.66. The van der Waals surface area contributed by atoms with Crippen molar-refractivity contribution in [3.05, 3.63) is 76.3 Å². The van der Waals surface area contributed by atoms with Crippen LogP contribution in [0, 0.1) is 0 Å². The Labute approximate surface area is 203 Å². The maximum atomic E-state index is 13.2. The Morgan fingerprint density at radius 2 is 2.03 bits per heavy atom. The Morgan fingerprint density at radius 3 is 2.74 bits per heavy atom. The zero-order chi connectivity index (χ0) is 23.7. The molecule has 1 saturated heterocycles. The van der Waals surface area contributed by atoms with Crippen molar-refractivity contribution in [3.63, 3.8) is 0 Å². The molecule has 2 amide bonds. The van der Waals surface area contributed by atoms with E-state index in [2.05, 4.69) is 29.5 Å². The molecule has 2 aromatic carbocycles. The number of rotatable bonds is 6. The number of urea groups is 1. The van der Waals surface area contributed by atoms with Gasteiger partial charge in [0.1, 0.15) is 0 Å². The van der Waals surface area contributed by atoms with E-state index in [0.29, 0.717) is 23.3 Å². The number of hydrogen-bond acceptors (Lipinski definition) is 5. The molecule has 176 valence electrons. The van der Waals surface area contributed by atoms with E-state index in [0.717, 1.165) is 48.3 Å². The SMILES string of the molecule is CCc1ccc(-c2noc(C3=C(C)N(CC4CCCO4)C(=O)NC3c3cccc(Cl)c3)n2)cc1. The summed E-state index contributed by atoms with van der Waals surface area (Å²) in [6.45, 7) is 5.24. The summed E-state index contributed by atoms with van der Waals surface area (Å²) in [7, 11) is 0. The van der Waals surface area contributed by atoms with Crippen molar-refractivity contribution >= 4 is 23.2 Å². The molecular weight excluding hydrogens is 452 g/mol. The smallest absolute Gasteiger partial charge is 0.322 e. The first kappa shape index (κ1) is 22.6. The third-order valence-corrected chi connectivity index (χ3v) is 6.70. The highest BCUT2D eigenvalue weighted by atomic mass is 35.5. The molecule has 2 aliphatic rings. The van der Waals surface area contributed by atoms with E-state index >= 15 is 0 Å². The monoisotopic (exact) mass is 478 g/mol. The van der Waals surface area contributed by atoms with E-state index < -0.39 is 6.04 Å². The number of benzene rings is 2. The van der Waals surface area contributed by atoms with Gasteiger partial charge in [-0.05, 0) is 49.4 Å². The van der Waals surface area contributed by atoms with Crippen molar-refractivity contribution < 1.29 is 14.1 Å².